The molecule has 1 aliphatic heterocycles. The van der Waals surface area contributed by atoms with Crippen molar-refractivity contribution >= 4 is 51.0 Å². The summed E-state index contributed by atoms with van der Waals surface area (Å²) < 4.78 is 11.4. The number of anilines is 2. The molecule has 0 aliphatic carbocycles. The minimum absolute atomic E-state index is 0.0354. The fourth-order valence-electron chi connectivity index (χ4n) is 4.97. The largest absolute Gasteiger partial charge is 0.445 e. The number of carbonyl (C=O) groups excluding carboxylic acids is 3. The molecule has 1 N–H and O–H groups in total. The van der Waals surface area contributed by atoms with Crippen LogP contribution in [0.3, 0.4) is 0 Å². The molecular weight excluding hydrogens is 568 g/mol. The fraction of sp³-hybridized carbons (Fsp3) is 0.355. The van der Waals surface area contributed by atoms with Gasteiger partial charge in [-0.05, 0) is 43.8 Å². The molecule has 0 saturated carbocycles. The summed E-state index contributed by atoms with van der Waals surface area (Å²) in [6.45, 7) is 7.48. The summed E-state index contributed by atoms with van der Waals surface area (Å²) in [6, 6.07) is 16.8. The Morgan fingerprint density at radius 1 is 1.00 bits per heavy atom. The van der Waals surface area contributed by atoms with Gasteiger partial charge in [0.15, 0.2) is 5.82 Å². The molecule has 2 aromatic carbocycles. The van der Waals surface area contributed by atoms with Crippen molar-refractivity contribution < 1.29 is 23.9 Å². The zero-order valence-electron chi connectivity index (χ0n) is 24.6. The number of nitrogens with one attached hydrogen (secondary N) is 1. The zero-order valence-corrected chi connectivity index (χ0v) is 25.4. The van der Waals surface area contributed by atoms with Crippen LogP contribution in [-0.2, 0) is 16.0 Å². The Balaban J connectivity index is 1.41. The highest BCUT2D eigenvalue weighted by atomic mass is 32.1. The SMILES string of the molecule is CCN(C(=O)c1csc2c1c(NC(=O)c1ccc(CN3CCN(C)CC3)cc1)nn2C(=O)OCCOC)c1ccccc1. The van der Waals surface area contributed by atoms with Crippen LogP contribution in [0, 0.1) is 0 Å². The van der Waals surface area contributed by atoms with Gasteiger partial charge in [-0.3, -0.25) is 14.5 Å². The van der Waals surface area contributed by atoms with E-state index in [0.29, 0.717) is 27.9 Å². The second kappa shape index (κ2) is 13.9. The third kappa shape index (κ3) is 6.94. The summed E-state index contributed by atoms with van der Waals surface area (Å²) >= 11 is 1.18. The van der Waals surface area contributed by atoms with Gasteiger partial charge in [-0.25, -0.2) is 4.79 Å². The Morgan fingerprint density at radius 3 is 2.40 bits per heavy atom. The van der Waals surface area contributed by atoms with E-state index in [1.165, 1.54) is 18.4 Å². The van der Waals surface area contributed by atoms with Gasteiger partial charge in [-0.1, -0.05) is 30.3 Å². The van der Waals surface area contributed by atoms with Crippen LogP contribution in [0.1, 0.15) is 33.2 Å². The smallest absolute Gasteiger partial charge is 0.436 e. The number of piperazine rings is 1. The predicted molar refractivity (Wildman–Crippen MR) is 167 cm³/mol. The third-order valence-corrected chi connectivity index (χ3v) is 8.35. The lowest BCUT2D eigenvalue weighted by molar-refractivity contribution is 0.0979. The number of aromatic nitrogens is 2. The molecular formula is C31H36N6O5S. The Kier molecular flexibility index (Phi) is 9.82. The summed E-state index contributed by atoms with van der Waals surface area (Å²) in [7, 11) is 3.64. The molecule has 43 heavy (non-hydrogen) atoms. The van der Waals surface area contributed by atoms with Crippen molar-refractivity contribution in [1.82, 2.24) is 19.6 Å². The number of likely N-dealkylation sites (N-methyl/N-ethyl adjacent to an activating group) is 1. The van der Waals surface area contributed by atoms with E-state index in [9.17, 15) is 14.4 Å². The van der Waals surface area contributed by atoms with E-state index in [-0.39, 0.29) is 24.9 Å². The number of nitrogens with zero attached hydrogens (tertiary/aromatic N) is 5. The van der Waals surface area contributed by atoms with E-state index in [1.54, 1.807) is 22.4 Å². The van der Waals surface area contributed by atoms with Crippen LogP contribution in [0.15, 0.2) is 60.0 Å². The molecule has 4 aromatic rings. The van der Waals surface area contributed by atoms with Gasteiger partial charge in [0.25, 0.3) is 11.8 Å². The molecule has 0 radical (unpaired) electrons. The lowest BCUT2D eigenvalue weighted by atomic mass is 10.1. The fourth-order valence-corrected chi connectivity index (χ4v) is 5.96. The molecule has 2 aromatic heterocycles. The number of carbonyl (C=O) groups is 3. The van der Waals surface area contributed by atoms with Gasteiger partial charge in [0, 0.05) is 63.0 Å². The van der Waals surface area contributed by atoms with Gasteiger partial charge in [-0.2, -0.15) is 4.68 Å². The number of methoxy groups -OCH3 is 1. The summed E-state index contributed by atoms with van der Waals surface area (Å²) in [5.74, 6) is -0.555. The van der Waals surface area contributed by atoms with E-state index in [2.05, 4.69) is 27.3 Å². The van der Waals surface area contributed by atoms with E-state index in [1.807, 2.05) is 49.4 Å². The van der Waals surface area contributed by atoms with Crippen LogP contribution in [0.2, 0.25) is 0 Å². The minimum atomic E-state index is -0.730. The number of fused-ring (bicyclic) bond motifs is 1. The molecule has 226 valence electrons. The average molecular weight is 605 g/mol. The molecule has 3 heterocycles. The van der Waals surface area contributed by atoms with Gasteiger partial charge in [0.2, 0.25) is 0 Å². The normalized spacial score (nSPS) is 14.1. The van der Waals surface area contributed by atoms with Crippen molar-refractivity contribution in [3.63, 3.8) is 0 Å². The summed E-state index contributed by atoms with van der Waals surface area (Å²) in [4.78, 5) is 46.9. The van der Waals surface area contributed by atoms with Crippen molar-refractivity contribution in [1.29, 1.82) is 0 Å². The van der Waals surface area contributed by atoms with Gasteiger partial charge in [0.1, 0.15) is 11.4 Å². The maximum atomic E-state index is 13.8. The molecule has 11 nitrogen and oxygen atoms in total. The van der Waals surface area contributed by atoms with Crippen molar-refractivity contribution in [2.75, 3.05) is 70.3 Å². The first-order valence-corrected chi connectivity index (χ1v) is 15.1. The molecule has 1 fully saturated rings. The van der Waals surface area contributed by atoms with E-state index >= 15 is 0 Å². The lowest BCUT2D eigenvalue weighted by Crippen LogP contribution is -2.43. The predicted octanol–water partition coefficient (Wildman–Crippen LogP) is 4.40. The van der Waals surface area contributed by atoms with Crippen LogP contribution >= 0.6 is 11.3 Å². The zero-order chi connectivity index (χ0) is 30.3. The number of hydrogen-bond acceptors (Lipinski definition) is 9. The minimum Gasteiger partial charge on any atom is -0.445 e. The molecule has 1 aliphatic rings. The number of amides is 2. The summed E-state index contributed by atoms with van der Waals surface area (Å²) in [6.07, 6.45) is -0.730. The van der Waals surface area contributed by atoms with Crippen molar-refractivity contribution in [2.24, 2.45) is 0 Å². The Hall–Kier alpha value is -4.10. The third-order valence-electron chi connectivity index (χ3n) is 7.40. The van der Waals surface area contributed by atoms with Crippen LogP contribution in [-0.4, -0.2) is 97.6 Å². The first kappa shape index (κ1) is 30.4. The molecule has 2 amide bonds. The number of para-hydroxylation sites is 1. The second-order valence-corrected chi connectivity index (χ2v) is 11.2. The topological polar surface area (TPSA) is 109 Å². The van der Waals surface area contributed by atoms with Crippen molar-refractivity contribution in [3.05, 3.63) is 76.7 Å². The lowest BCUT2D eigenvalue weighted by Gasteiger charge is -2.32. The van der Waals surface area contributed by atoms with E-state index < -0.39 is 12.0 Å². The van der Waals surface area contributed by atoms with Gasteiger partial charge in [-0.15, -0.1) is 16.4 Å². The molecule has 1 saturated heterocycles. The van der Waals surface area contributed by atoms with E-state index in [0.717, 1.165) is 48.7 Å². The molecule has 0 atom stereocenters. The molecule has 0 unspecified atom stereocenters. The van der Waals surface area contributed by atoms with Crippen LogP contribution in [0.5, 0.6) is 0 Å². The Morgan fingerprint density at radius 2 is 1.72 bits per heavy atom. The molecule has 5 rings (SSSR count). The second-order valence-electron chi connectivity index (χ2n) is 10.3. The van der Waals surface area contributed by atoms with Crippen molar-refractivity contribution in [2.45, 2.75) is 13.5 Å². The number of rotatable bonds is 10. The first-order valence-electron chi connectivity index (χ1n) is 14.2. The Bertz CT molecular complexity index is 1560. The standard InChI is InChI=1S/C31H36N6O5S/c1-4-36(24-8-6-5-7-9-24)29(39)25-21-43-30-26(25)27(33-37(30)31(40)42-19-18-41-3)32-28(38)23-12-10-22(11-13-23)20-35-16-14-34(2)15-17-35/h5-13,21H,4,14-20H2,1-3H3,(H,32,33,38). The summed E-state index contributed by atoms with van der Waals surface area (Å²) in [5.41, 5.74) is 2.63. The highest BCUT2D eigenvalue weighted by Crippen LogP contribution is 2.34. The van der Waals surface area contributed by atoms with Crippen LogP contribution in [0.4, 0.5) is 16.3 Å². The number of hydrogen-bond donors (Lipinski definition) is 1. The number of benzene rings is 2. The Labute approximate surface area is 254 Å². The maximum absolute atomic E-state index is 13.8. The average Bonchev–Trinajstić information content (AvgIpc) is 3.61. The number of ether oxygens (including phenoxy) is 2. The van der Waals surface area contributed by atoms with Crippen LogP contribution < -0.4 is 10.2 Å². The van der Waals surface area contributed by atoms with Gasteiger partial charge < -0.3 is 24.6 Å². The number of thiophene rings is 1. The van der Waals surface area contributed by atoms with E-state index in [4.69, 9.17) is 9.47 Å². The quantitative estimate of drug-likeness (QED) is 0.266. The first-order chi connectivity index (χ1) is 20.9. The monoisotopic (exact) mass is 604 g/mol. The highest BCUT2D eigenvalue weighted by Gasteiger charge is 2.28. The maximum Gasteiger partial charge on any atom is 0.436 e. The molecule has 0 bridgehead atoms. The van der Waals surface area contributed by atoms with Gasteiger partial charge in [0.05, 0.1) is 17.6 Å². The highest BCUT2D eigenvalue weighted by molar-refractivity contribution is 7.17. The van der Waals surface area contributed by atoms with Crippen LogP contribution in [0.25, 0.3) is 10.2 Å². The summed E-state index contributed by atoms with van der Waals surface area (Å²) in [5, 5.41) is 9.30. The van der Waals surface area contributed by atoms with Crippen molar-refractivity contribution in [3.8, 4) is 0 Å². The van der Waals surface area contributed by atoms with Gasteiger partial charge >= 0.3 is 6.09 Å². The molecule has 12 heteroatoms. The molecule has 0 spiro atoms.